The highest BCUT2D eigenvalue weighted by atomic mass is 32.1. The average Bonchev–Trinajstić information content (AvgIpc) is 3.06. The molecule has 1 aliphatic rings. The van der Waals surface area contributed by atoms with Crippen molar-refractivity contribution in [1.82, 2.24) is 15.2 Å². The molecule has 1 atom stereocenters. The maximum absolute atomic E-state index is 12.2. The van der Waals surface area contributed by atoms with Gasteiger partial charge in [0, 0.05) is 19.6 Å². The van der Waals surface area contributed by atoms with E-state index in [0.717, 1.165) is 13.1 Å². The van der Waals surface area contributed by atoms with Crippen LogP contribution in [0.25, 0.3) is 0 Å². The molecule has 6 nitrogen and oxygen atoms in total. The molecule has 0 aliphatic carbocycles. The molecule has 1 saturated heterocycles. The van der Waals surface area contributed by atoms with Gasteiger partial charge in [0.15, 0.2) is 5.13 Å². The molecule has 118 valence electrons. The highest BCUT2D eigenvalue weighted by Gasteiger charge is 2.18. The van der Waals surface area contributed by atoms with Crippen LogP contribution in [-0.4, -0.2) is 48.5 Å². The van der Waals surface area contributed by atoms with Crippen LogP contribution in [0.5, 0.6) is 0 Å². The second kappa shape index (κ2) is 7.61. The van der Waals surface area contributed by atoms with Crippen LogP contribution < -0.4 is 16.4 Å². The molecule has 7 heteroatoms. The number of nitrogens with zero attached hydrogens (tertiary/aromatic N) is 2. The number of nitrogens with one attached hydrogen (secondary N) is 2. The standard InChI is InChI=1S/C14H25N5OS/c1-3-16-14-18-12(15)11(21-14)13(20)17-8-10(2)9-19-6-4-5-7-19/h10H,3-9,15H2,1-2H3,(H,16,18)(H,17,20). The van der Waals surface area contributed by atoms with Crippen molar-refractivity contribution in [2.24, 2.45) is 5.92 Å². The van der Waals surface area contributed by atoms with Crippen molar-refractivity contribution >= 4 is 28.2 Å². The number of aromatic nitrogens is 1. The quantitative estimate of drug-likeness (QED) is 0.713. The Balaban J connectivity index is 1.80. The average molecular weight is 311 g/mol. The molecule has 0 radical (unpaired) electrons. The van der Waals surface area contributed by atoms with Gasteiger partial charge in [0.2, 0.25) is 0 Å². The Bertz CT molecular complexity index is 470. The van der Waals surface area contributed by atoms with Crippen LogP contribution in [0.1, 0.15) is 36.4 Å². The summed E-state index contributed by atoms with van der Waals surface area (Å²) in [5, 5.41) is 6.74. The number of nitrogen functional groups attached to an aromatic ring is 1. The van der Waals surface area contributed by atoms with E-state index >= 15 is 0 Å². The zero-order valence-corrected chi connectivity index (χ0v) is 13.6. The van der Waals surface area contributed by atoms with Gasteiger partial charge in [-0.3, -0.25) is 4.79 Å². The highest BCUT2D eigenvalue weighted by Crippen LogP contribution is 2.24. The van der Waals surface area contributed by atoms with Gasteiger partial charge in [0.25, 0.3) is 5.91 Å². The zero-order chi connectivity index (χ0) is 15.2. The second-order valence-corrected chi connectivity index (χ2v) is 6.59. The monoisotopic (exact) mass is 311 g/mol. The Morgan fingerprint density at radius 2 is 2.19 bits per heavy atom. The lowest BCUT2D eigenvalue weighted by Crippen LogP contribution is -2.34. The first-order chi connectivity index (χ1) is 10.1. The van der Waals surface area contributed by atoms with Crippen molar-refractivity contribution in [3.63, 3.8) is 0 Å². The van der Waals surface area contributed by atoms with Gasteiger partial charge in [-0.1, -0.05) is 18.3 Å². The number of carbonyl (C=O) groups excluding carboxylic acids is 1. The number of nitrogens with two attached hydrogens (primary N) is 1. The topological polar surface area (TPSA) is 83.3 Å². The van der Waals surface area contributed by atoms with Crippen molar-refractivity contribution in [2.75, 3.05) is 43.8 Å². The van der Waals surface area contributed by atoms with Crippen molar-refractivity contribution < 1.29 is 4.79 Å². The van der Waals surface area contributed by atoms with E-state index in [4.69, 9.17) is 5.73 Å². The summed E-state index contributed by atoms with van der Waals surface area (Å²) in [6.07, 6.45) is 2.59. The van der Waals surface area contributed by atoms with Gasteiger partial charge >= 0.3 is 0 Å². The molecule has 1 aromatic rings. The van der Waals surface area contributed by atoms with Crippen LogP contribution in [0.15, 0.2) is 0 Å². The van der Waals surface area contributed by atoms with E-state index in [1.54, 1.807) is 0 Å². The molecule has 0 saturated carbocycles. The minimum absolute atomic E-state index is 0.123. The third-order valence-electron chi connectivity index (χ3n) is 3.57. The number of carbonyl (C=O) groups is 1. The van der Waals surface area contributed by atoms with Gasteiger partial charge in [-0.05, 0) is 38.8 Å². The van der Waals surface area contributed by atoms with Gasteiger partial charge in [0.1, 0.15) is 10.7 Å². The van der Waals surface area contributed by atoms with Gasteiger partial charge in [-0.15, -0.1) is 0 Å². The first kappa shape index (κ1) is 16.0. The first-order valence-corrected chi connectivity index (χ1v) is 8.42. The maximum Gasteiger partial charge on any atom is 0.265 e. The third kappa shape index (κ3) is 4.57. The van der Waals surface area contributed by atoms with E-state index in [-0.39, 0.29) is 5.91 Å². The summed E-state index contributed by atoms with van der Waals surface area (Å²) in [6, 6.07) is 0. The molecule has 0 aromatic carbocycles. The number of likely N-dealkylation sites (tertiary alicyclic amines) is 1. The van der Waals surface area contributed by atoms with Crippen LogP contribution in [0.2, 0.25) is 0 Å². The summed E-state index contributed by atoms with van der Waals surface area (Å²) < 4.78 is 0. The molecule has 4 N–H and O–H groups in total. The Hall–Kier alpha value is -1.34. The number of hydrogen-bond donors (Lipinski definition) is 3. The fraction of sp³-hybridized carbons (Fsp3) is 0.714. The molecule has 2 heterocycles. The number of anilines is 2. The van der Waals surface area contributed by atoms with Crippen LogP contribution in [-0.2, 0) is 0 Å². The van der Waals surface area contributed by atoms with E-state index in [1.807, 2.05) is 6.92 Å². The zero-order valence-electron chi connectivity index (χ0n) is 12.8. The summed E-state index contributed by atoms with van der Waals surface area (Å²) in [7, 11) is 0. The Morgan fingerprint density at radius 1 is 1.48 bits per heavy atom. The van der Waals surface area contributed by atoms with E-state index < -0.39 is 0 Å². The summed E-state index contributed by atoms with van der Waals surface area (Å²) in [4.78, 5) is 19.3. The third-order valence-corrected chi connectivity index (χ3v) is 4.59. The normalized spacial score (nSPS) is 16.9. The van der Waals surface area contributed by atoms with Crippen LogP contribution in [0.4, 0.5) is 10.9 Å². The molecule has 1 aromatic heterocycles. The van der Waals surface area contributed by atoms with Gasteiger partial charge in [-0.2, -0.15) is 0 Å². The second-order valence-electron chi connectivity index (χ2n) is 5.59. The Kier molecular flexibility index (Phi) is 5.81. The number of hydrogen-bond acceptors (Lipinski definition) is 6. The first-order valence-electron chi connectivity index (χ1n) is 7.61. The van der Waals surface area contributed by atoms with E-state index in [0.29, 0.717) is 28.3 Å². The Morgan fingerprint density at radius 3 is 2.86 bits per heavy atom. The fourth-order valence-corrected chi connectivity index (χ4v) is 3.41. The van der Waals surface area contributed by atoms with Gasteiger partial charge < -0.3 is 21.3 Å². The fourth-order valence-electron chi connectivity index (χ4n) is 2.54. The van der Waals surface area contributed by atoms with Crippen molar-refractivity contribution in [3.05, 3.63) is 4.88 Å². The van der Waals surface area contributed by atoms with E-state index in [2.05, 4.69) is 27.4 Å². The summed E-state index contributed by atoms with van der Waals surface area (Å²) in [6.45, 7) is 9.00. The molecular formula is C14H25N5OS. The lowest BCUT2D eigenvalue weighted by atomic mass is 10.1. The van der Waals surface area contributed by atoms with Crippen LogP contribution in [0.3, 0.4) is 0 Å². The van der Waals surface area contributed by atoms with E-state index in [9.17, 15) is 4.79 Å². The molecule has 1 amide bonds. The summed E-state index contributed by atoms with van der Waals surface area (Å²) in [5.41, 5.74) is 5.80. The molecule has 1 unspecified atom stereocenters. The van der Waals surface area contributed by atoms with Crippen molar-refractivity contribution in [2.45, 2.75) is 26.7 Å². The van der Waals surface area contributed by atoms with Crippen molar-refractivity contribution in [3.8, 4) is 0 Å². The lowest BCUT2D eigenvalue weighted by molar-refractivity contribution is 0.0950. The summed E-state index contributed by atoms with van der Waals surface area (Å²) in [5.74, 6) is 0.623. The largest absolute Gasteiger partial charge is 0.382 e. The lowest BCUT2D eigenvalue weighted by Gasteiger charge is -2.20. The molecule has 1 fully saturated rings. The Labute approximate surface area is 130 Å². The minimum Gasteiger partial charge on any atom is -0.382 e. The SMILES string of the molecule is CCNc1nc(N)c(C(=O)NCC(C)CN2CCCC2)s1. The molecule has 21 heavy (non-hydrogen) atoms. The number of rotatable bonds is 7. The predicted octanol–water partition coefficient (Wildman–Crippen LogP) is 1.62. The molecule has 0 bridgehead atoms. The van der Waals surface area contributed by atoms with E-state index in [1.165, 1.54) is 37.3 Å². The predicted molar refractivity (Wildman–Crippen MR) is 87.9 cm³/mol. The summed E-state index contributed by atoms with van der Waals surface area (Å²) >= 11 is 1.31. The van der Waals surface area contributed by atoms with Crippen LogP contribution in [0, 0.1) is 5.92 Å². The molecule has 2 rings (SSSR count). The molecule has 0 spiro atoms. The van der Waals surface area contributed by atoms with Gasteiger partial charge in [-0.25, -0.2) is 4.98 Å². The molecular weight excluding hydrogens is 286 g/mol. The van der Waals surface area contributed by atoms with Gasteiger partial charge in [0.05, 0.1) is 0 Å². The number of thiazole rings is 1. The van der Waals surface area contributed by atoms with Crippen molar-refractivity contribution in [1.29, 1.82) is 0 Å². The minimum atomic E-state index is -0.123. The maximum atomic E-state index is 12.2. The highest BCUT2D eigenvalue weighted by molar-refractivity contribution is 7.18. The molecule has 1 aliphatic heterocycles. The van der Waals surface area contributed by atoms with Crippen LogP contribution >= 0.6 is 11.3 Å². The number of amides is 1. The smallest absolute Gasteiger partial charge is 0.265 e.